The molecule has 0 amide bonds. The summed E-state index contributed by atoms with van der Waals surface area (Å²) in [6, 6.07) is 16.6. The Kier molecular flexibility index (Phi) is 2.72. The maximum atomic E-state index is 4.37. The first kappa shape index (κ1) is 10.2. The lowest BCUT2D eigenvalue weighted by Gasteiger charge is -2.03. The van der Waals surface area contributed by atoms with E-state index in [0.717, 1.165) is 11.3 Å². The van der Waals surface area contributed by atoms with E-state index in [0.29, 0.717) is 0 Å². The number of hydrogen-bond acceptors (Lipinski definition) is 2. The molecule has 0 unspecified atom stereocenters. The Morgan fingerprint density at radius 2 is 1.76 bits per heavy atom. The molecule has 82 valence electrons. The van der Waals surface area contributed by atoms with Gasteiger partial charge < -0.3 is 0 Å². The van der Waals surface area contributed by atoms with Crippen LogP contribution in [0.1, 0.15) is 0 Å². The predicted octanol–water partition coefficient (Wildman–Crippen LogP) is 4.48. The van der Waals surface area contributed by atoms with Gasteiger partial charge in [-0.25, -0.2) is 0 Å². The average molecular weight is 237 g/mol. The minimum atomic E-state index is 1.02. The van der Waals surface area contributed by atoms with Crippen LogP contribution < -0.4 is 0 Å². The summed E-state index contributed by atoms with van der Waals surface area (Å²) < 4.78 is 0. The molecule has 0 N–H and O–H groups in total. The summed E-state index contributed by atoms with van der Waals surface area (Å²) in [6.07, 6.45) is 1.83. The second-order valence-corrected chi connectivity index (χ2v) is 4.59. The Morgan fingerprint density at radius 1 is 0.824 bits per heavy atom. The zero-order chi connectivity index (χ0) is 11.5. The first-order valence-electron chi connectivity index (χ1n) is 5.47. The largest absolute Gasteiger partial charge is 0.256 e. The Balaban J connectivity index is 2.06. The van der Waals surface area contributed by atoms with Crippen LogP contribution in [0.5, 0.6) is 0 Å². The van der Waals surface area contributed by atoms with Crippen molar-refractivity contribution in [2.24, 2.45) is 0 Å². The highest BCUT2D eigenvalue weighted by atomic mass is 32.1. The quantitative estimate of drug-likeness (QED) is 0.640. The zero-order valence-electron chi connectivity index (χ0n) is 9.21. The predicted molar refractivity (Wildman–Crippen MR) is 73.0 cm³/mol. The molecule has 17 heavy (non-hydrogen) atoms. The minimum absolute atomic E-state index is 1.02. The number of thiophene rings is 1. The molecule has 0 fully saturated rings. The Morgan fingerprint density at radius 3 is 2.53 bits per heavy atom. The number of pyridine rings is 1. The number of benzene rings is 1. The molecule has 2 aromatic heterocycles. The van der Waals surface area contributed by atoms with E-state index in [1.165, 1.54) is 11.1 Å². The molecule has 0 radical (unpaired) electrons. The van der Waals surface area contributed by atoms with Crippen molar-refractivity contribution in [3.8, 4) is 22.4 Å². The molecule has 1 aromatic carbocycles. The van der Waals surface area contributed by atoms with Gasteiger partial charge in [-0.15, -0.1) is 0 Å². The number of hydrogen-bond donors (Lipinski definition) is 0. The first-order valence-corrected chi connectivity index (χ1v) is 6.42. The smallest absolute Gasteiger partial charge is 0.0702 e. The number of aromatic nitrogens is 1. The first-order chi connectivity index (χ1) is 8.43. The van der Waals surface area contributed by atoms with Crippen LogP contribution in [-0.2, 0) is 0 Å². The molecule has 0 aliphatic heterocycles. The molecule has 0 saturated heterocycles. The van der Waals surface area contributed by atoms with Gasteiger partial charge in [-0.3, -0.25) is 4.98 Å². The lowest BCUT2D eigenvalue weighted by atomic mass is 10.0. The Labute approximate surface area is 104 Å². The van der Waals surface area contributed by atoms with Crippen molar-refractivity contribution in [3.05, 3.63) is 65.5 Å². The fraction of sp³-hybridized carbons (Fsp3) is 0. The van der Waals surface area contributed by atoms with Crippen LogP contribution in [0.15, 0.2) is 65.5 Å². The van der Waals surface area contributed by atoms with E-state index in [9.17, 15) is 0 Å². The van der Waals surface area contributed by atoms with Gasteiger partial charge in [0.2, 0.25) is 0 Å². The Bertz CT molecular complexity index is 600. The molecular formula is C15H11NS. The standard InChI is InChI=1S/C15H11NS/c1-2-8-16-15(6-1)13-5-3-4-12(10-13)14-7-9-17-11-14/h1-11H. The molecule has 0 spiro atoms. The third kappa shape index (κ3) is 2.12. The summed E-state index contributed by atoms with van der Waals surface area (Å²) in [4.78, 5) is 4.37. The van der Waals surface area contributed by atoms with Gasteiger partial charge in [0, 0.05) is 11.8 Å². The summed E-state index contributed by atoms with van der Waals surface area (Å²) >= 11 is 1.72. The highest BCUT2D eigenvalue weighted by Gasteiger charge is 2.01. The van der Waals surface area contributed by atoms with Gasteiger partial charge >= 0.3 is 0 Å². The summed E-state index contributed by atoms with van der Waals surface area (Å²) in [5.74, 6) is 0. The van der Waals surface area contributed by atoms with Crippen LogP contribution >= 0.6 is 11.3 Å². The van der Waals surface area contributed by atoms with E-state index >= 15 is 0 Å². The van der Waals surface area contributed by atoms with Gasteiger partial charge in [-0.2, -0.15) is 11.3 Å². The van der Waals surface area contributed by atoms with Crippen molar-refractivity contribution in [2.75, 3.05) is 0 Å². The van der Waals surface area contributed by atoms with Crippen LogP contribution in [0.25, 0.3) is 22.4 Å². The van der Waals surface area contributed by atoms with E-state index in [1.54, 1.807) is 11.3 Å². The van der Waals surface area contributed by atoms with E-state index in [4.69, 9.17) is 0 Å². The number of nitrogens with zero attached hydrogens (tertiary/aromatic N) is 1. The lowest BCUT2D eigenvalue weighted by Crippen LogP contribution is -1.82. The highest BCUT2D eigenvalue weighted by Crippen LogP contribution is 2.26. The molecule has 3 aromatic rings. The minimum Gasteiger partial charge on any atom is -0.256 e. The van der Waals surface area contributed by atoms with E-state index < -0.39 is 0 Å². The highest BCUT2D eigenvalue weighted by molar-refractivity contribution is 7.08. The maximum absolute atomic E-state index is 4.37. The summed E-state index contributed by atoms with van der Waals surface area (Å²) in [7, 11) is 0. The van der Waals surface area contributed by atoms with Crippen LogP contribution in [0.3, 0.4) is 0 Å². The topological polar surface area (TPSA) is 12.9 Å². The molecule has 0 saturated carbocycles. The molecule has 3 rings (SSSR count). The third-order valence-corrected chi connectivity index (χ3v) is 3.36. The summed E-state index contributed by atoms with van der Waals surface area (Å²) in [5, 5.41) is 4.26. The molecule has 2 heteroatoms. The van der Waals surface area contributed by atoms with E-state index in [2.05, 4.69) is 46.1 Å². The average Bonchev–Trinajstić information content (AvgIpc) is 2.94. The molecule has 0 bridgehead atoms. The summed E-state index contributed by atoms with van der Waals surface area (Å²) in [6.45, 7) is 0. The molecule has 0 aliphatic carbocycles. The van der Waals surface area contributed by atoms with Crippen molar-refractivity contribution in [1.29, 1.82) is 0 Å². The summed E-state index contributed by atoms with van der Waals surface area (Å²) in [5.41, 5.74) is 4.70. The number of rotatable bonds is 2. The van der Waals surface area contributed by atoms with Gasteiger partial charge in [-0.1, -0.05) is 24.3 Å². The van der Waals surface area contributed by atoms with Crippen molar-refractivity contribution in [2.45, 2.75) is 0 Å². The van der Waals surface area contributed by atoms with Crippen molar-refractivity contribution in [1.82, 2.24) is 4.98 Å². The molecule has 0 atom stereocenters. The van der Waals surface area contributed by atoms with Crippen LogP contribution in [-0.4, -0.2) is 4.98 Å². The molecular weight excluding hydrogens is 226 g/mol. The van der Waals surface area contributed by atoms with Crippen LogP contribution in [0.4, 0.5) is 0 Å². The van der Waals surface area contributed by atoms with Crippen molar-refractivity contribution >= 4 is 11.3 Å². The normalized spacial score (nSPS) is 10.4. The van der Waals surface area contributed by atoms with Crippen LogP contribution in [0, 0.1) is 0 Å². The van der Waals surface area contributed by atoms with Gasteiger partial charge in [0.15, 0.2) is 0 Å². The second kappa shape index (κ2) is 4.52. The van der Waals surface area contributed by atoms with Crippen molar-refractivity contribution in [3.63, 3.8) is 0 Å². The molecule has 1 nitrogen and oxygen atoms in total. The monoisotopic (exact) mass is 237 g/mol. The second-order valence-electron chi connectivity index (χ2n) is 3.81. The third-order valence-electron chi connectivity index (χ3n) is 2.68. The van der Waals surface area contributed by atoms with E-state index in [1.807, 2.05) is 24.4 Å². The fourth-order valence-electron chi connectivity index (χ4n) is 1.82. The van der Waals surface area contributed by atoms with Gasteiger partial charge in [-0.05, 0) is 46.2 Å². The SMILES string of the molecule is c1ccc(-c2cccc(-c3ccsc3)c2)nc1. The molecule has 2 heterocycles. The van der Waals surface area contributed by atoms with Crippen LogP contribution in [0.2, 0.25) is 0 Å². The van der Waals surface area contributed by atoms with Gasteiger partial charge in [0.05, 0.1) is 5.69 Å². The van der Waals surface area contributed by atoms with Gasteiger partial charge in [0.1, 0.15) is 0 Å². The Hall–Kier alpha value is -1.93. The van der Waals surface area contributed by atoms with Gasteiger partial charge in [0.25, 0.3) is 0 Å². The fourth-order valence-corrected chi connectivity index (χ4v) is 2.49. The van der Waals surface area contributed by atoms with Crippen molar-refractivity contribution < 1.29 is 0 Å². The molecule has 0 aliphatic rings. The van der Waals surface area contributed by atoms with E-state index in [-0.39, 0.29) is 0 Å². The lowest BCUT2D eigenvalue weighted by molar-refractivity contribution is 1.33. The zero-order valence-corrected chi connectivity index (χ0v) is 10.0. The maximum Gasteiger partial charge on any atom is 0.0702 e.